The molecule has 0 radical (unpaired) electrons. The summed E-state index contributed by atoms with van der Waals surface area (Å²) in [5, 5.41) is 0. The third kappa shape index (κ3) is 4.46. The van der Waals surface area contributed by atoms with Gasteiger partial charge in [0.2, 0.25) is 5.91 Å². The van der Waals surface area contributed by atoms with Crippen molar-refractivity contribution in [1.82, 2.24) is 9.80 Å². The maximum atomic E-state index is 12.5. The summed E-state index contributed by atoms with van der Waals surface area (Å²) in [5.41, 5.74) is 5.54. The lowest BCUT2D eigenvalue weighted by molar-refractivity contribution is -0.137. The zero-order valence-electron chi connectivity index (χ0n) is 12.1. The lowest BCUT2D eigenvalue weighted by Gasteiger charge is -2.36. The molecule has 2 rings (SSSR count). The molecule has 0 spiro atoms. The quantitative estimate of drug-likeness (QED) is 0.784. The van der Waals surface area contributed by atoms with E-state index in [9.17, 15) is 4.79 Å². The van der Waals surface area contributed by atoms with E-state index in [-0.39, 0.29) is 0 Å². The van der Waals surface area contributed by atoms with E-state index in [1.54, 1.807) is 0 Å². The van der Waals surface area contributed by atoms with Crippen LogP contribution >= 0.6 is 0 Å². The number of carbonyl (C=O) groups is 1. The molecule has 4 nitrogen and oxygen atoms in total. The summed E-state index contributed by atoms with van der Waals surface area (Å²) < 4.78 is 0. The molecule has 110 valence electrons. The summed E-state index contributed by atoms with van der Waals surface area (Å²) in [6, 6.07) is 0. The predicted molar refractivity (Wildman–Crippen MR) is 77.9 cm³/mol. The van der Waals surface area contributed by atoms with Crippen LogP contribution in [0.25, 0.3) is 0 Å². The molecule has 1 saturated carbocycles. The Morgan fingerprint density at radius 2 is 1.63 bits per heavy atom. The number of amides is 1. The Kier molecular flexibility index (Phi) is 6.11. The van der Waals surface area contributed by atoms with E-state index in [2.05, 4.69) is 9.80 Å². The fourth-order valence-electron chi connectivity index (χ4n) is 3.29. The molecular weight excluding hydrogens is 238 g/mol. The summed E-state index contributed by atoms with van der Waals surface area (Å²) in [6.45, 7) is 5.74. The average molecular weight is 267 g/mol. The summed E-state index contributed by atoms with van der Waals surface area (Å²) in [5.74, 6) is 0.749. The van der Waals surface area contributed by atoms with Gasteiger partial charge in [0, 0.05) is 32.1 Å². The third-order valence-electron chi connectivity index (χ3n) is 4.57. The van der Waals surface area contributed by atoms with Crippen LogP contribution in [0, 0.1) is 5.92 Å². The van der Waals surface area contributed by atoms with Gasteiger partial charge in [-0.15, -0.1) is 0 Å². The number of carbonyl (C=O) groups excluding carboxylic acids is 1. The van der Waals surface area contributed by atoms with Gasteiger partial charge in [0.05, 0.1) is 0 Å². The molecule has 0 atom stereocenters. The molecule has 4 heteroatoms. The van der Waals surface area contributed by atoms with Crippen molar-refractivity contribution in [3.05, 3.63) is 0 Å². The standard InChI is InChI=1S/C15H29N3O/c16-8-5-9-17-10-12-18(13-11-17)15(19)14-6-3-1-2-4-7-14/h14H,1-13,16H2. The molecule has 19 heavy (non-hydrogen) atoms. The molecule has 1 aliphatic heterocycles. The second kappa shape index (κ2) is 7.85. The highest BCUT2D eigenvalue weighted by atomic mass is 16.2. The number of piperazine rings is 1. The van der Waals surface area contributed by atoms with Crippen LogP contribution < -0.4 is 5.73 Å². The maximum absolute atomic E-state index is 12.5. The zero-order valence-corrected chi connectivity index (χ0v) is 12.1. The Morgan fingerprint density at radius 1 is 1.00 bits per heavy atom. The largest absolute Gasteiger partial charge is 0.340 e. The number of nitrogens with two attached hydrogens (primary N) is 1. The van der Waals surface area contributed by atoms with Crippen LogP contribution in [-0.4, -0.2) is 55.0 Å². The molecule has 0 aromatic carbocycles. The Bertz CT molecular complexity index is 267. The minimum Gasteiger partial charge on any atom is -0.340 e. The normalized spacial score (nSPS) is 23.3. The fourth-order valence-corrected chi connectivity index (χ4v) is 3.29. The first-order valence-corrected chi connectivity index (χ1v) is 8.02. The maximum Gasteiger partial charge on any atom is 0.225 e. The van der Waals surface area contributed by atoms with Crippen molar-refractivity contribution < 1.29 is 4.79 Å². The lowest BCUT2D eigenvalue weighted by Crippen LogP contribution is -2.50. The van der Waals surface area contributed by atoms with E-state index in [1.165, 1.54) is 25.7 Å². The number of rotatable bonds is 4. The summed E-state index contributed by atoms with van der Waals surface area (Å²) >= 11 is 0. The number of hydrogen-bond donors (Lipinski definition) is 1. The van der Waals surface area contributed by atoms with Crippen LogP contribution in [-0.2, 0) is 4.79 Å². The second-order valence-electron chi connectivity index (χ2n) is 6.00. The van der Waals surface area contributed by atoms with Gasteiger partial charge in [-0.1, -0.05) is 25.7 Å². The smallest absolute Gasteiger partial charge is 0.225 e. The average Bonchev–Trinajstić information content (AvgIpc) is 2.74. The molecule has 2 N–H and O–H groups in total. The van der Waals surface area contributed by atoms with Crippen molar-refractivity contribution in [2.45, 2.75) is 44.9 Å². The molecular formula is C15H29N3O. The van der Waals surface area contributed by atoms with E-state index in [4.69, 9.17) is 5.73 Å². The van der Waals surface area contributed by atoms with Crippen LogP contribution in [0.4, 0.5) is 0 Å². The van der Waals surface area contributed by atoms with Gasteiger partial charge in [-0.25, -0.2) is 0 Å². The van der Waals surface area contributed by atoms with Crippen LogP contribution in [0.15, 0.2) is 0 Å². The van der Waals surface area contributed by atoms with Crippen molar-refractivity contribution in [1.29, 1.82) is 0 Å². The van der Waals surface area contributed by atoms with Gasteiger partial charge >= 0.3 is 0 Å². The van der Waals surface area contributed by atoms with Gasteiger partial charge in [-0.3, -0.25) is 9.69 Å². The predicted octanol–water partition coefficient (Wildman–Crippen LogP) is 1.45. The summed E-state index contributed by atoms with van der Waals surface area (Å²) in [7, 11) is 0. The van der Waals surface area contributed by atoms with Crippen molar-refractivity contribution >= 4 is 5.91 Å². The number of hydrogen-bond acceptors (Lipinski definition) is 3. The van der Waals surface area contributed by atoms with E-state index < -0.39 is 0 Å². The topological polar surface area (TPSA) is 49.6 Å². The first kappa shape index (κ1) is 14.8. The molecule has 0 aromatic rings. The number of nitrogens with zero attached hydrogens (tertiary/aromatic N) is 2. The van der Waals surface area contributed by atoms with E-state index in [1.807, 2.05) is 0 Å². The highest BCUT2D eigenvalue weighted by Gasteiger charge is 2.27. The minimum atomic E-state index is 0.318. The highest BCUT2D eigenvalue weighted by Crippen LogP contribution is 2.25. The van der Waals surface area contributed by atoms with Gasteiger partial charge in [0.25, 0.3) is 0 Å². The molecule has 0 unspecified atom stereocenters. The minimum absolute atomic E-state index is 0.318. The highest BCUT2D eigenvalue weighted by molar-refractivity contribution is 5.79. The molecule has 1 amide bonds. The molecule has 2 fully saturated rings. The molecule has 2 aliphatic rings. The molecule has 1 aliphatic carbocycles. The van der Waals surface area contributed by atoms with Gasteiger partial charge in [-0.2, -0.15) is 0 Å². The van der Waals surface area contributed by atoms with Gasteiger partial charge < -0.3 is 10.6 Å². The van der Waals surface area contributed by atoms with Crippen molar-refractivity contribution in [3.8, 4) is 0 Å². The summed E-state index contributed by atoms with van der Waals surface area (Å²) in [6.07, 6.45) is 8.42. The molecule has 0 aromatic heterocycles. The second-order valence-corrected chi connectivity index (χ2v) is 6.00. The zero-order chi connectivity index (χ0) is 13.5. The van der Waals surface area contributed by atoms with E-state index in [0.29, 0.717) is 11.8 Å². The van der Waals surface area contributed by atoms with E-state index >= 15 is 0 Å². The van der Waals surface area contributed by atoms with Crippen LogP contribution in [0.3, 0.4) is 0 Å². The Balaban J connectivity index is 1.75. The van der Waals surface area contributed by atoms with E-state index in [0.717, 1.165) is 58.5 Å². The van der Waals surface area contributed by atoms with Crippen molar-refractivity contribution in [2.75, 3.05) is 39.3 Å². The van der Waals surface area contributed by atoms with Crippen LogP contribution in [0.5, 0.6) is 0 Å². The van der Waals surface area contributed by atoms with Crippen LogP contribution in [0.1, 0.15) is 44.9 Å². The molecule has 1 saturated heterocycles. The van der Waals surface area contributed by atoms with Gasteiger partial charge in [0.15, 0.2) is 0 Å². The van der Waals surface area contributed by atoms with Gasteiger partial charge in [0.1, 0.15) is 0 Å². The lowest BCUT2D eigenvalue weighted by atomic mass is 9.98. The molecule has 1 heterocycles. The summed E-state index contributed by atoms with van der Waals surface area (Å²) in [4.78, 5) is 17.1. The van der Waals surface area contributed by atoms with Crippen LogP contribution in [0.2, 0.25) is 0 Å². The van der Waals surface area contributed by atoms with Crippen molar-refractivity contribution in [2.24, 2.45) is 11.7 Å². The fraction of sp³-hybridized carbons (Fsp3) is 0.933. The first-order chi connectivity index (χ1) is 9.31. The Hall–Kier alpha value is -0.610. The monoisotopic (exact) mass is 267 g/mol. The Labute approximate surface area is 117 Å². The first-order valence-electron chi connectivity index (χ1n) is 8.02. The SMILES string of the molecule is NCCCN1CCN(C(=O)C2CCCCCC2)CC1. The Morgan fingerprint density at radius 3 is 2.21 bits per heavy atom. The van der Waals surface area contributed by atoms with Crippen molar-refractivity contribution in [3.63, 3.8) is 0 Å². The molecule has 0 bridgehead atoms. The van der Waals surface area contributed by atoms with Gasteiger partial charge in [-0.05, 0) is 32.4 Å². The third-order valence-corrected chi connectivity index (χ3v) is 4.57.